The van der Waals surface area contributed by atoms with Gasteiger partial charge in [-0.3, -0.25) is 24.5 Å². The van der Waals surface area contributed by atoms with Gasteiger partial charge in [0, 0.05) is 53.8 Å². The number of carbonyl (C=O) groups is 3. The molecule has 1 atom stereocenters. The van der Waals surface area contributed by atoms with Gasteiger partial charge in [0.15, 0.2) is 0 Å². The fourth-order valence-corrected chi connectivity index (χ4v) is 8.69. The van der Waals surface area contributed by atoms with Gasteiger partial charge in [-0.15, -0.1) is 5.10 Å². The van der Waals surface area contributed by atoms with Crippen molar-refractivity contribution in [3.8, 4) is 17.6 Å². The minimum absolute atomic E-state index is 0.126. The molecule has 354 valence electrons. The van der Waals surface area contributed by atoms with Gasteiger partial charge in [0.2, 0.25) is 5.91 Å². The summed E-state index contributed by atoms with van der Waals surface area (Å²) in [6.45, 7) is 13.4. The van der Waals surface area contributed by atoms with E-state index in [-0.39, 0.29) is 47.6 Å². The number of fused-ring (bicyclic) bond motifs is 1. The van der Waals surface area contributed by atoms with Gasteiger partial charge < -0.3 is 43.8 Å². The quantitative estimate of drug-likeness (QED) is 0.0565. The Morgan fingerprint density at radius 3 is 2.05 bits per heavy atom. The molecule has 1 aliphatic carbocycles. The van der Waals surface area contributed by atoms with Crippen molar-refractivity contribution in [2.45, 2.75) is 65.1 Å². The van der Waals surface area contributed by atoms with E-state index in [1.54, 1.807) is 60.7 Å². The van der Waals surface area contributed by atoms with Gasteiger partial charge in [-0.25, -0.2) is 0 Å². The average Bonchev–Trinajstić information content (AvgIpc) is 3.29. The van der Waals surface area contributed by atoms with Crippen molar-refractivity contribution in [1.82, 2.24) is 25.6 Å². The van der Waals surface area contributed by atoms with Crippen molar-refractivity contribution in [2.75, 3.05) is 84.5 Å². The molecule has 4 aromatic rings. The first kappa shape index (κ1) is 49.7. The molecule has 18 nitrogen and oxygen atoms in total. The molecule has 3 amide bonds. The van der Waals surface area contributed by atoms with Crippen molar-refractivity contribution >= 4 is 45.9 Å². The molecule has 0 spiro atoms. The highest BCUT2D eigenvalue weighted by Crippen LogP contribution is 2.55. The van der Waals surface area contributed by atoms with E-state index in [0.717, 1.165) is 4.68 Å². The topological polar surface area (TPSA) is 223 Å². The molecule has 1 saturated carbocycles. The zero-order chi connectivity index (χ0) is 47.1. The van der Waals surface area contributed by atoms with Crippen molar-refractivity contribution in [3.63, 3.8) is 0 Å². The largest absolute Gasteiger partial charge is 0.491 e. The number of benzene rings is 3. The first-order valence-corrected chi connectivity index (χ1v) is 22.4. The molecule has 1 saturated heterocycles. The van der Waals surface area contributed by atoms with Crippen molar-refractivity contribution in [1.29, 1.82) is 5.26 Å². The summed E-state index contributed by atoms with van der Waals surface area (Å²) in [5.74, 6) is 0.0934. The van der Waals surface area contributed by atoms with Crippen LogP contribution in [0.5, 0.6) is 11.5 Å². The Bertz CT molecular complexity index is 2370. The number of aromatic nitrogens is 3. The predicted octanol–water partition coefficient (Wildman–Crippen LogP) is 4.87. The molecule has 66 heavy (non-hydrogen) atoms. The summed E-state index contributed by atoms with van der Waals surface area (Å²) in [6.07, 6.45) is 0.790. The van der Waals surface area contributed by atoms with Gasteiger partial charge in [0.1, 0.15) is 41.8 Å². The number of nitrogens with zero attached hydrogens (tertiary/aromatic N) is 4. The number of piperidine rings is 1. The number of rotatable bonds is 26. The molecule has 3 aromatic carbocycles. The maximum Gasteiger partial charge on any atom is 0.280 e. The lowest BCUT2D eigenvalue weighted by molar-refractivity contribution is -0.164. The molecule has 2 heterocycles. The third-order valence-electron chi connectivity index (χ3n) is 11.5. The monoisotopic (exact) mass is 931 g/mol. The fourth-order valence-electron chi connectivity index (χ4n) is 8.48. The maximum absolute atomic E-state index is 13.3. The number of amides is 3. The van der Waals surface area contributed by atoms with E-state index >= 15 is 0 Å². The van der Waals surface area contributed by atoms with Gasteiger partial charge >= 0.3 is 0 Å². The summed E-state index contributed by atoms with van der Waals surface area (Å²) >= 11 is 6.22. The van der Waals surface area contributed by atoms with Crippen LogP contribution in [-0.4, -0.2) is 124 Å². The maximum atomic E-state index is 13.3. The molecule has 1 aromatic heterocycles. The van der Waals surface area contributed by atoms with E-state index in [2.05, 4.69) is 60.0 Å². The van der Waals surface area contributed by atoms with E-state index in [0.29, 0.717) is 130 Å². The van der Waals surface area contributed by atoms with Crippen LogP contribution in [0.3, 0.4) is 0 Å². The summed E-state index contributed by atoms with van der Waals surface area (Å²) in [4.78, 5) is 50.4. The number of hydrogen-bond acceptors (Lipinski definition) is 15. The van der Waals surface area contributed by atoms with Crippen LogP contribution in [0.1, 0.15) is 68.9 Å². The summed E-state index contributed by atoms with van der Waals surface area (Å²) in [6, 6.07) is 18.3. The second kappa shape index (κ2) is 23.7. The van der Waals surface area contributed by atoms with Gasteiger partial charge in [-0.05, 0) is 61.4 Å². The molecule has 0 radical (unpaired) electrons. The van der Waals surface area contributed by atoms with E-state index in [1.807, 2.05) is 0 Å². The van der Waals surface area contributed by atoms with Crippen LogP contribution in [-0.2, 0) is 33.3 Å². The molecule has 1 unspecified atom stereocenters. The minimum Gasteiger partial charge on any atom is -0.491 e. The van der Waals surface area contributed by atoms with Crippen molar-refractivity contribution < 1.29 is 47.5 Å². The van der Waals surface area contributed by atoms with Gasteiger partial charge in [-0.1, -0.05) is 50.6 Å². The van der Waals surface area contributed by atoms with Crippen LogP contribution < -0.4 is 31.0 Å². The normalized spacial score (nSPS) is 18.5. The zero-order valence-electron chi connectivity index (χ0n) is 37.8. The number of imide groups is 1. The third-order valence-corrected chi connectivity index (χ3v) is 11.8. The van der Waals surface area contributed by atoms with E-state index in [1.165, 1.54) is 0 Å². The van der Waals surface area contributed by atoms with Crippen molar-refractivity contribution in [3.05, 3.63) is 87.2 Å². The molecular weight excluding hydrogens is 874 g/mol. The molecule has 2 aliphatic rings. The Hall–Kier alpha value is -5.68. The van der Waals surface area contributed by atoms with Gasteiger partial charge in [0.05, 0.1) is 75.4 Å². The van der Waals surface area contributed by atoms with Crippen LogP contribution >= 0.6 is 11.6 Å². The fraction of sp³-hybridized carbons (Fsp3) is 0.511. The first-order chi connectivity index (χ1) is 31.8. The van der Waals surface area contributed by atoms with Gasteiger partial charge in [-0.2, -0.15) is 9.94 Å². The molecule has 19 heteroatoms. The molecular formula is C47H58ClN7O11. The summed E-state index contributed by atoms with van der Waals surface area (Å²) in [7, 11) is 0. The first-order valence-electron chi connectivity index (χ1n) is 22.1. The number of ether oxygens (including phenoxy) is 7. The smallest absolute Gasteiger partial charge is 0.280 e. The number of halogens is 1. The zero-order valence-corrected chi connectivity index (χ0v) is 38.5. The molecule has 0 bridgehead atoms. The number of anilines is 1. The van der Waals surface area contributed by atoms with Crippen LogP contribution in [0.25, 0.3) is 10.9 Å². The molecule has 1 aliphatic heterocycles. The highest BCUT2D eigenvalue weighted by atomic mass is 35.5. The highest BCUT2D eigenvalue weighted by molar-refractivity contribution is 6.31. The average molecular weight is 932 g/mol. The van der Waals surface area contributed by atoms with Crippen LogP contribution in [0.4, 0.5) is 5.69 Å². The van der Waals surface area contributed by atoms with Gasteiger partial charge in [0.25, 0.3) is 17.4 Å². The Morgan fingerprint density at radius 2 is 1.44 bits per heavy atom. The number of nitriles is 1. The molecule has 2 fully saturated rings. The highest BCUT2D eigenvalue weighted by Gasteiger charge is 2.64. The van der Waals surface area contributed by atoms with Crippen LogP contribution in [0, 0.1) is 22.2 Å². The lowest BCUT2D eigenvalue weighted by Gasteiger charge is -2.63. The summed E-state index contributed by atoms with van der Waals surface area (Å²) < 4.78 is 41.1. The molecule has 6 rings (SSSR count). The number of carbonyl (C=O) groups excluding carboxylic acids is 3. The second-order valence-electron chi connectivity index (χ2n) is 17.0. The molecule has 3 N–H and O–H groups in total. The summed E-state index contributed by atoms with van der Waals surface area (Å²) in [5.41, 5.74) is 0.701. The standard InChI is InChI=1S/C47H58ClN7O11/c1-46(2)44(47(3,4)45(46)66-34-14-11-32(30-49)35(48)29-34)52-41(57)31-9-12-33(13-10-31)65-28-27-64-26-25-63-24-23-62-22-21-61-20-19-60-18-6-17-50-36-7-5-8-37-40(36)43(59)55(54-53-37)38-15-16-39(56)51-42(38)58/h5,7-14,29,38,44-45,50H,6,15-28H2,1-4H3,(H,52,57)(H,51,56,58). The SMILES string of the molecule is CC1(C)C(NC(=O)c2ccc(OCCOCCOCCOCCOCCOCCCNc3cccc4nnn(C5CCC(=O)NC5=O)c(=O)c34)cc2)C(C)(C)C1Oc1ccc(C#N)c(Cl)c1. The van der Waals surface area contributed by atoms with E-state index < -0.39 is 17.5 Å². The lowest BCUT2D eigenvalue weighted by atomic mass is 9.49. The minimum atomic E-state index is -0.890. The Morgan fingerprint density at radius 1 is 0.833 bits per heavy atom. The Labute approximate surface area is 388 Å². The van der Waals surface area contributed by atoms with E-state index in [4.69, 9.17) is 44.8 Å². The number of hydrogen-bond donors (Lipinski definition) is 3. The van der Waals surface area contributed by atoms with Crippen LogP contribution in [0.15, 0.2) is 65.5 Å². The third kappa shape index (κ3) is 12.8. The Balaban J connectivity index is 0.734. The number of nitrogens with one attached hydrogen (secondary N) is 3. The van der Waals surface area contributed by atoms with E-state index in [9.17, 15) is 24.4 Å². The predicted molar refractivity (Wildman–Crippen MR) is 244 cm³/mol. The summed E-state index contributed by atoms with van der Waals surface area (Å²) in [5, 5.41) is 26.6. The lowest BCUT2D eigenvalue weighted by Crippen LogP contribution is -2.74. The van der Waals surface area contributed by atoms with Crippen molar-refractivity contribution in [2.24, 2.45) is 10.8 Å². The second-order valence-corrected chi connectivity index (χ2v) is 17.4. The van der Waals surface area contributed by atoms with Crippen LogP contribution in [0.2, 0.25) is 5.02 Å². The Kier molecular flexibility index (Phi) is 17.8.